The number of Topliss-reactive ketones (excluding diaryl/α,β-unsaturated/α-hetero) is 1. The number of ketones is 1. The second-order valence-corrected chi connectivity index (χ2v) is 6.78. The van der Waals surface area contributed by atoms with E-state index < -0.39 is 5.60 Å². The predicted octanol–water partition coefficient (Wildman–Crippen LogP) is 4.52. The number of rotatable bonds is 7. The Balaban J connectivity index is 2.01. The third-order valence-corrected chi connectivity index (χ3v) is 4.93. The summed E-state index contributed by atoms with van der Waals surface area (Å²) in [4.78, 5) is 13.0. The number of hydrogen-bond donors (Lipinski definition) is 1. The van der Waals surface area contributed by atoms with E-state index in [1.807, 2.05) is 19.1 Å². The van der Waals surface area contributed by atoms with Gasteiger partial charge >= 0.3 is 0 Å². The molecule has 28 heavy (non-hydrogen) atoms. The number of ether oxygens (including phenoxy) is 2. The monoisotopic (exact) mass is 376 g/mol. The zero-order valence-corrected chi connectivity index (χ0v) is 16.3. The van der Waals surface area contributed by atoms with Crippen LogP contribution in [0.2, 0.25) is 0 Å². The van der Waals surface area contributed by atoms with Crippen LogP contribution in [0.5, 0.6) is 11.5 Å². The van der Waals surface area contributed by atoms with Crippen molar-refractivity contribution in [3.63, 3.8) is 0 Å². The van der Waals surface area contributed by atoms with Crippen LogP contribution in [0.3, 0.4) is 0 Å². The third-order valence-electron chi connectivity index (χ3n) is 4.93. The van der Waals surface area contributed by atoms with Crippen molar-refractivity contribution in [1.29, 1.82) is 0 Å². The van der Waals surface area contributed by atoms with Crippen LogP contribution in [0.25, 0.3) is 0 Å². The van der Waals surface area contributed by atoms with E-state index in [9.17, 15) is 9.90 Å². The molecule has 0 bridgehead atoms. The van der Waals surface area contributed by atoms with E-state index in [1.165, 1.54) is 0 Å². The van der Waals surface area contributed by atoms with E-state index in [1.54, 1.807) is 74.9 Å². The summed E-state index contributed by atoms with van der Waals surface area (Å²) in [5.41, 5.74) is 1.43. The molecular formula is C24H24O4. The second kappa shape index (κ2) is 8.28. The van der Waals surface area contributed by atoms with Gasteiger partial charge in [-0.2, -0.15) is 0 Å². The maximum atomic E-state index is 13.0. The number of hydrogen-bond acceptors (Lipinski definition) is 4. The molecule has 0 heterocycles. The van der Waals surface area contributed by atoms with Crippen molar-refractivity contribution in [2.45, 2.75) is 18.9 Å². The Hall–Kier alpha value is -3.11. The van der Waals surface area contributed by atoms with Crippen LogP contribution in [-0.4, -0.2) is 25.1 Å². The fourth-order valence-corrected chi connectivity index (χ4v) is 3.18. The molecule has 0 aromatic heterocycles. The molecule has 0 saturated carbocycles. The highest BCUT2D eigenvalue weighted by atomic mass is 16.5. The summed E-state index contributed by atoms with van der Waals surface area (Å²) in [6.45, 7) is 1.97. The Morgan fingerprint density at radius 2 is 1.21 bits per heavy atom. The molecule has 4 nitrogen and oxygen atoms in total. The van der Waals surface area contributed by atoms with Crippen molar-refractivity contribution >= 4 is 5.78 Å². The summed E-state index contributed by atoms with van der Waals surface area (Å²) in [5.74, 6) is 1.24. The standard InChI is InChI=1S/C24H24O4/c1-17-4-6-18(7-5-17)23(25)16-24(26,19-8-12-21(27-2)13-9-19)20-10-14-22(28-3)15-11-20/h4-15,26H,16H2,1-3H3. The topological polar surface area (TPSA) is 55.8 Å². The van der Waals surface area contributed by atoms with Gasteiger partial charge in [0.2, 0.25) is 0 Å². The average molecular weight is 376 g/mol. The van der Waals surface area contributed by atoms with Crippen molar-refractivity contribution in [2.75, 3.05) is 14.2 Å². The van der Waals surface area contributed by atoms with E-state index in [4.69, 9.17) is 9.47 Å². The lowest BCUT2D eigenvalue weighted by Gasteiger charge is -2.29. The van der Waals surface area contributed by atoms with Gasteiger partial charge in [-0.05, 0) is 42.3 Å². The Labute approximate surface area is 165 Å². The average Bonchev–Trinajstić information content (AvgIpc) is 2.74. The van der Waals surface area contributed by atoms with Gasteiger partial charge in [0.15, 0.2) is 5.78 Å². The fraction of sp³-hybridized carbons (Fsp3) is 0.208. The van der Waals surface area contributed by atoms with Crippen LogP contribution in [0.4, 0.5) is 0 Å². The highest BCUT2D eigenvalue weighted by Crippen LogP contribution is 2.36. The van der Waals surface area contributed by atoms with Gasteiger partial charge in [-0.25, -0.2) is 0 Å². The SMILES string of the molecule is COc1ccc(C(O)(CC(=O)c2ccc(C)cc2)c2ccc(OC)cc2)cc1. The molecule has 0 unspecified atom stereocenters. The molecule has 0 fully saturated rings. The molecule has 3 rings (SSSR count). The third kappa shape index (κ3) is 4.07. The number of carbonyl (C=O) groups excluding carboxylic acids is 1. The Morgan fingerprint density at radius 3 is 1.61 bits per heavy atom. The normalized spacial score (nSPS) is 11.1. The van der Waals surface area contributed by atoms with Crippen LogP contribution in [0.1, 0.15) is 33.5 Å². The maximum absolute atomic E-state index is 13.0. The smallest absolute Gasteiger partial charge is 0.166 e. The lowest BCUT2D eigenvalue weighted by Crippen LogP contribution is -2.30. The fourth-order valence-electron chi connectivity index (χ4n) is 3.18. The summed E-state index contributed by atoms with van der Waals surface area (Å²) >= 11 is 0. The lowest BCUT2D eigenvalue weighted by molar-refractivity contribution is 0.0583. The van der Waals surface area contributed by atoms with E-state index in [2.05, 4.69) is 0 Å². The summed E-state index contributed by atoms with van der Waals surface area (Å²) in [7, 11) is 3.18. The molecule has 0 spiro atoms. The predicted molar refractivity (Wildman–Crippen MR) is 109 cm³/mol. The molecule has 0 aliphatic carbocycles. The Kier molecular flexibility index (Phi) is 5.81. The second-order valence-electron chi connectivity index (χ2n) is 6.78. The van der Waals surface area contributed by atoms with E-state index in [-0.39, 0.29) is 12.2 Å². The first kappa shape index (κ1) is 19.6. The number of aryl methyl sites for hydroxylation is 1. The van der Waals surface area contributed by atoms with Crippen LogP contribution in [0.15, 0.2) is 72.8 Å². The largest absolute Gasteiger partial charge is 0.497 e. The van der Waals surface area contributed by atoms with E-state index in [0.29, 0.717) is 28.2 Å². The first-order valence-corrected chi connectivity index (χ1v) is 9.07. The first-order chi connectivity index (χ1) is 13.5. The summed E-state index contributed by atoms with van der Waals surface area (Å²) in [6, 6.07) is 21.6. The van der Waals surface area contributed by atoms with Crippen LogP contribution in [-0.2, 0) is 5.60 Å². The van der Waals surface area contributed by atoms with Crippen LogP contribution in [0, 0.1) is 6.92 Å². The van der Waals surface area contributed by atoms with Crippen LogP contribution >= 0.6 is 0 Å². The van der Waals surface area contributed by atoms with Crippen molar-refractivity contribution in [1.82, 2.24) is 0 Å². The molecule has 3 aromatic rings. The zero-order chi connectivity index (χ0) is 20.1. The molecule has 1 N–H and O–H groups in total. The number of carbonyl (C=O) groups is 1. The van der Waals surface area contributed by atoms with Gasteiger partial charge in [0.1, 0.15) is 17.1 Å². The number of benzene rings is 3. The Morgan fingerprint density at radius 1 is 0.786 bits per heavy atom. The molecule has 4 heteroatoms. The minimum Gasteiger partial charge on any atom is -0.497 e. The highest BCUT2D eigenvalue weighted by molar-refractivity contribution is 5.97. The molecule has 0 aliphatic rings. The van der Waals surface area contributed by atoms with Gasteiger partial charge in [-0.15, -0.1) is 0 Å². The summed E-state index contributed by atoms with van der Waals surface area (Å²) in [6.07, 6.45) is -0.0747. The molecule has 0 radical (unpaired) electrons. The van der Waals surface area contributed by atoms with E-state index >= 15 is 0 Å². The van der Waals surface area contributed by atoms with Gasteiger partial charge in [-0.1, -0.05) is 54.1 Å². The van der Waals surface area contributed by atoms with Gasteiger partial charge in [0.25, 0.3) is 0 Å². The van der Waals surface area contributed by atoms with Gasteiger partial charge in [0.05, 0.1) is 14.2 Å². The summed E-state index contributed by atoms with van der Waals surface area (Å²) in [5, 5.41) is 11.7. The Bertz CT molecular complexity index is 878. The number of methoxy groups -OCH3 is 2. The molecule has 0 saturated heterocycles. The molecule has 144 valence electrons. The zero-order valence-electron chi connectivity index (χ0n) is 16.3. The minimum absolute atomic E-state index is 0.0747. The van der Waals surface area contributed by atoms with Gasteiger partial charge < -0.3 is 14.6 Å². The first-order valence-electron chi connectivity index (χ1n) is 9.07. The number of aliphatic hydroxyl groups is 1. The van der Waals surface area contributed by atoms with Crippen LogP contribution < -0.4 is 9.47 Å². The molecule has 3 aromatic carbocycles. The molecule has 0 amide bonds. The lowest BCUT2D eigenvalue weighted by atomic mass is 9.81. The highest BCUT2D eigenvalue weighted by Gasteiger charge is 2.34. The van der Waals surface area contributed by atoms with Crippen molar-refractivity contribution in [2.24, 2.45) is 0 Å². The van der Waals surface area contributed by atoms with E-state index in [0.717, 1.165) is 5.56 Å². The van der Waals surface area contributed by atoms with Crippen molar-refractivity contribution in [3.05, 3.63) is 95.1 Å². The van der Waals surface area contributed by atoms with Gasteiger partial charge in [0, 0.05) is 12.0 Å². The molecule has 0 atom stereocenters. The van der Waals surface area contributed by atoms with Gasteiger partial charge in [-0.3, -0.25) is 4.79 Å². The minimum atomic E-state index is -1.47. The molecular weight excluding hydrogens is 352 g/mol. The molecule has 0 aliphatic heterocycles. The van der Waals surface area contributed by atoms with Crippen molar-refractivity contribution < 1.29 is 19.4 Å². The quantitative estimate of drug-likeness (QED) is 0.616. The summed E-state index contributed by atoms with van der Waals surface area (Å²) < 4.78 is 10.4. The maximum Gasteiger partial charge on any atom is 0.166 e. The van der Waals surface area contributed by atoms with Crippen molar-refractivity contribution in [3.8, 4) is 11.5 Å².